The molecule has 0 aliphatic heterocycles. The van der Waals surface area contributed by atoms with Gasteiger partial charge in [-0.25, -0.2) is 4.79 Å². The van der Waals surface area contributed by atoms with E-state index in [1.807, 2.05) is 19.9 Å². The van der Waals surface area contributed by atoms with Crippen LogP contribution in [0, 0.1) is 13.8 Å². The smallest absolute Gasteiger partial charge is 0.326 e. The fourth-order valence-corrected chi connectivity index (χ4v) is 1.75. The molecule has 20 heavy (non-hydrogen) atoms. The number of nitrogens with one attached hydrogen (secondary N) is 1. The van der Waals surface area contributed by atoms with Gasteiger partial charge in [0, 0.05) is 18.7 Å². The van der Waals surface area contributed by atoms with Crippen LogP contribution in [0.4, 0.5) is 0 Å². The first-order chi connectivity index (χ1) is 9.29. The Morgan fingerprint density at radius 3 is 2.45 bits per heavy atom. The fraction of sp³-hybridized carbons (Fsp3) is 0.500. The van der Waals surface area contributed by atoms with Gasteiger partial charge in [-0.05, 0) is 19.9 Å². The van der Waals surface area contributed by atoms with Crippen molar-refractivity contribution in [3.63, 3.8) is 0 Å². The van der Waals surface area contributed by atoms with Crippen molar-refractivity contribution in [3.8, 4) is 0 Å². The highest BCUT2D eigenvalue weighted by Crippen LogP contribution is 2.03. The van der Waals surface area contributed by atoms with E-state index >= 15 is 0 Å². The van der Waals surface area contributed by atoms with Crippen molar-refractivity contribution < 1.29 is 24.6 Å². The largest absolute Gasteiger partial charge is 0.481 e. The van der Waals surface area contributed by atoms with Crippen LogP contribution in [0.5, 0.6) is 0 Å². The summed E-state index contributed by atoms with van der Waals surface area (Å²) in [7, 11) is 0. The number of carboxylic acids is 2. The summed E-state index contributed by atoms with van der Waals surface area (Å²) in [5.41, 5.74) is 1.73. The van der Waals surface area contributed by atoms with Crippen molar-refractivity contribution in [1.82, 2.24) is 15.1 Å². The summed E-state index contributed by atoms with van der Waals surface area (Å²) in [5, 5.41) is 23.7. The van der Waals surface area contributed by atoms with Crippen LogP contribution in [-0.2, 0) is 20.9 Å². The van der Waals surface area contributed by atoms with Gasteiger partial charge in [0.25, 0.3) is 0 Å². The average molecular weight is 283 g/mol. The van der Waals surface area contributed by atoms with Gasteiger partial charge in [0.05, 0.1) is 12.1 Å². The minimum absolute atomic E-state index is 0.0331. The van der Waals surface area contributed by atoms with E-state index in [2.05, 4.69) is 10.4 Å². The predicted molar refractivity (Wildman–Crippen MR) is 68.1 cm³/mol. The number of rotatable bonds is 7. The molecule has 1 aromatic heterocycles. The summed E-state index contributed by atoms with van der Waals surface area (Å²) in [6, 6.07) is 0.447. The molecule has 110 valence electrons. The Labute approximate surface area is 115 Å². The van der Waals surface area contributed by atoms with Crippen LogP contribution < -0.4 is 5.32 Å². The standard InChI is InChI=1S/C12H17N3O5/c1-7-5-8(2)15(14-7)4-3-10(16)13-9(12(19)20)6-11(17)18/h5,9H,3-4,6H2,1-2H3,(H,13,16)(H,17,18)(H,19,20). The molecule has 8 nitrogen and oxygen atoms in total. The number of carbonyl (C=O) groups excluding carboxylic acids is 1. The van der Waals surface area contributed by atoms with E-state index in [9.17, 15) is 14.4 Å². The highest BCUT2D eigenvalue weighted by atomic mass is 16.4. The molecule has 0 saturated carbocycles. The van der Waals surface area contributed by atoms with Crippen LogP contribution in [0.3, 0.4) is 0 Å². The quantitative estimate of drug-likeness (QED) is 0.644. The van der Waals surface area contributed by atoms with Crippen molar-refractivity contribution in [2.75, 3.05) is 0 Å². The lowest BCUT2D eigenvalue weighted by atomic mass is 10.2. The molecular formula is C12H17N3O5. The second-order valence-electron chi connectivity index (χ2n) is 4.46. The van der Waals surface area contributed by atoms with Gasteiger partial charge in [-0.15, -0.1) is 0 Å². The highest BCUT2D eigenvalue weighted by molar-refractivity contribution is 5.86. The molecular weight excluding hydrogens is 266 g/mol. The van der Waals surface area contributed by atoms with Gasteiger partial charge >= 0.3 is 11.9 Å². The summed E-state index contributed by atoms with van der Waals surface area (Å²) in [6.45, 7) is 3.99. The number of aliphatic carboxylic acids is 2. The summed E-state index contributed by atoms with van der Waals surface area (Å²) >= 11 is 0. The molecule has 0 radical (unpaired) electrons. The summed E-state index contributed by atoms with van der Waals surface area (Å²) in [4.78, 5) is 32.9. The third kappa shape index (κ3) is 4.71. The number of carbonyl (C=O) groups is 3. The maximum Gasteiger partial charge on any atom is 0.326 e. The molecule has 1 aromatic rings. The van der Waals surface area contributed by atoms with E-state index in [-0.39, 0.29) is 6.42 Å². The zero-order chi connectivity index (χ0) is 15.3. The number of aryl methyl sites for hydroxylation is 3. The van der Waals surface area contributed by atoms with Crippen LogP contribution in [0.2, 0.25) is 0 Å². The molecule has 0 saturated heterocycles. The van der Waals surface area contributed by atoms with E-state index in [1.165, 1.54) is 0 Å². The van der Waals surface area contributed by atoms with Crippen molar-refractivity contribution >= 4 is 17.8 Å². The molecule has 1 unspecified atom stereocenters. The van der Waals surface area contributed by atoms with E-state index in [0.717, 1.165) is 11.4 Å². The van der Waals surface area contributed by atoms with Crippen molar-refractivity contribution in [1.29, 1.82) is 0 Å². The Hall–Kier alpha value is -2.38. The number of hydrogen-bond donors (Lipinski definition) is 3. The third-order valence-electron chi connectivity index (χ3n) is 2.67. The lowest BCUT2D eigenvalue weighted by molar-refractivity contribution is -0.147. The molecule has 1 rings (SSSR count). The average Bonchev–Trinajstić information content (AvgIpc) is 2.63. The zero-order valence-corrected chi connectivity index (χ0v) is 11.3. The minimum atomic E-state index is -1.42. The second-order valence-corrected chi connectivity index (χ2v) is 4.46. The van der Waals surface area contributed by atoms with Crippen LogP contribution in [0.25, 0.3) is 0 Å². The Balaban J connectivity index is 2.52. The van der Waals surface area contributed by atoms with Gasteiger partial charge in [0.15, 0.2) is 0 Å². The topological polar surface area (TPSA) is 122 Å². The summed E-state index contributed by atoms with van der Waals surface area (Å²) in [6.07, 6.45) is -0.619. The number of hydrogen-bond acceptors (Lipinski definition) is 4. The first-order valence-electron chi connectivity index (χ1n) is 6.04. The van der Waals surface area contributed by atoms with E-state index in [1.54, 1.807) is 4.68 Å². The molecule has 1 heterocycles. The monoisotopic (exact) mass is 283 g/mol. The van der Waals surface area contributed by atoms with Gasteiger partial charge in [-0.2, -0.15) is 5.10 Å². The summed E-state index contributed by atoms with van der Waals surface area (Å²) < 4.78 is 1.64. The molecule has 0 aliphatic carbocycles. The van der Waals surface area contributed by atoms with Crippen molar-refractivity contribution in [3.05, 3.63) is 17.5 Å². The normalized spacial score (nSPS) is 11.9. The van der Waals surface area contributed by atoms with E-state index in [0.29, 0.717) is 6.54 Å². The van der Waals surface area contributed by atoms with Gasteiger partial charge < -0.3 is 15.5 Å². The Morgan fingerprint density at radius 2 is 2.00 bits per heavy atom. The van der Waals surface area contributed by atoms with Crippen LogP contribution in [-0.4, -0.2) is 43.9 Å². The van der Waals surface area contributed by atoms with E-state index < -0.39 is 30.3 Å². The van der Waals surface area contributed by atoms with Crippen LogP contribution in [0.15, 0.2) is 6.07 Å². The number of amides is 1. The number of aromatic nitrogens is 2. The molecule has 1 amide bonds. The van der Waals surface area contributed by atoms with Gasteiger partial charge in [0.2, 0.25) is 5.91 Å². The predicted octanol–water partition coefficient (Wildman–Crippen LogP) is -0.0659. The van der Waals surface area contributed by atoms with Gasteiger partial charge in [0.1, 0.15) is 6.04 Å². The fourth-order valence-electron chi connectivity index (χ4n) is 1.75. The highest BCUT2D eigenvalue weighted by Gasteiger charge is 2.22. The SMILES string of the molecule is Cc1cc(C)n(CCC(=O)NC(CC(=O)O)C(=O)O)n1. The van der Waals surface area contributed by atoms with Gasteiger partial charge in [-0.3, -0.25) is 14.3 Å². The van der Waals surface area contributed by atoms with Gasteiger partial charge in [-0.1, -0.05) is 0 Å². The van der Waals surface area contributed by atoms with Crippen LogP contribution in [0.1, 0.15) is 24.2 Å². The first-order valence-corrected chi connectivity index (χ1v) is 6.04. The van der Waals surface area contributed by atoms with E-state index in [4.69, 9.17) is 10.2 Å². The minimum Gasteiger partial charge on any atom is -0.481 e. The Kier molecular flexibility index (Phi) is 5.24. The summed E-state index contributed by atoms with van der Waals surface area (Å²) in [5.74, 6) is -3.17. The Morgan fingerprint density at radius 1 is 1.35 bits per heavy atom. The maximum absolute atomic E-state index is 11.6. The lowest BCUT2D eigenvalue weighted by Gasteiger charge is -2.12. The molecule has 8 heteroatoms. The molecule has 1 atom stereocenters. The maximum atomic E-state index is 11.6. The molecule has 0 aromatic carbocycles. The lowest BCUT2D eigenvalue weighted by Crippen LogP contribution is -2.42. The molecule has 0 bridgehead atoms. The van der Waals surface area contributed by atoms with Crippen LogP contribution >= 0.6 is 0 Å². The molecule has 0 aliphatic rings. The number of nitrogens with zero attached hydrogens (tertiary/aromatic N) is 2. The Bertz CT molecular complexity index is 523. The van der Waals surface area contributed by atoms with Crippen molar-refractivity contribution in [2.45, 2.75) is 39.3 Å². The zero-order valence-electron chi connectivity index (χ0n) is 11.3. The molecule has 3 N–H and O–H groups in total. The van der Waals surface area contributed by atoms with Crippen molar-refractivity contribution in [2.24, 2.45) is 0 Å². The first kappa shape index (κ1) is 15.7. The molecule has 0 spiro atoms. The third-order valence-corrected chi connectivity index (χ3v) is 2.67. The second kappa shape index (κ2) is 6.69. The number of carboxylic acid groups (broad SMARTS) is 2. The molecule has 0 fully saturated rings.